The number of hydrogen-bond donors (Lipinski definition) is 5. The van der Waals surface area contributed by atoms with Crippen LogP contribution < -0.4 is 34.3 Å². The van der Waals surface area contributed by atoms with E-state index >= 15 is 0 Å². The zero-order valence-electron chi connectivity index (χ0n) is 28.0. The lowest BCUT2D eigenvalue weighted by Crippen LogP contribution is -2.38. The molecule has 1 amide bonds. The lowest BCUT2D eigenvalue weighted by molar-refractivity contribution is 0.0935. The quantitative estimate of drug-likeness (QED) is 0.0826. The Morgan fingerprint density at radius 1 is 0.694 bits per heavy atom. The van der Waals surface area contributed by atoms with Crippen LogP contribution in [0.25, 0.3) is 12.2 Å². The fraction of sp³-hybridized carbons (Fsp3) is 0.289. The van der Waals surface area contributed by atoms with Crippen LogP contribution in [0, 0.1) is 6.92 Å². The average Bonchev–Trinajstić information content (AvgIpc) is 3.13. The maximum atomic E-state index is 12.7. The summed E-state index contributed by atoms with van der Waals surface area (Å²) in [6.07, 6.45) is 3.84. The number of ether oxygens (including phenoxy) is 5. The molecular formula is C38H42N2O9. The number of nitrogens with one attached hydrogen (secondary N) is 2. The minimum Gasteiger partial charge on any atom is -0.496 e. The largest absolute Gasteiger partial charge is 0.496 e. The number of fused-ring (bicyclic) bond motifs is 1. The summed E-state index contributed by atoms with van der Waals surface area (Å²) in [6.45, 7) is 1.90. The molecule has 0 spiro atoms. The van der Waals surface area contributed by atoms with E-state index in [2.05, 4.69) is 10.6 Å². The fourth-order valence-corrected chi connectivity index (χ4v) is 5.65. The summed E-state index contributed by atoms with van der Waals surface area (Å²) >= 11 is 0. The Hall–Kier alpha value is -5.23. The van der Waals surface area contributed by atoms with Crippen molar-refractivity contribution in [2.24, 2.45) is 0 Å². The number of amides is 1. The Labute approximate surface area is 285 Å². The van der Waals surface area contributed by atoms with Gasteiger partial charge in [-0.1, -0.05) is 29.8 Å². The van der Waals surface area contributed by atoms with E-state index in [0.29, 0.717) is 70.6 Å². The molecule has 0 saturated carbocycles. The van der Waals surface area contributed by atoms with Crippen LogP contribution in [-0.4, -0.2) is 55.8 Å². The molecule has 1 aliphatic rings. The fourth-order valence-electron chi connectivity index (χ4n) is 5.65. The lowest BCUT2D eigenvalue weighted by Gasteiger charge is -2.29. The summed E-state index contributed by atoms with van der Waals surface area (Å²) in [6, 6.07) is 18.4. The molecule has 1 heterocycles. The van der Waals surface area contributed by atoms with Gasteiger partial charge in [0.1, 0.15) is 17.7 Å². The molecule has 0 radical (unpaired) electrons. The highest BCUT2D eigenvalue weighted by Gasteiger charge is 2.25. The number of aliphatic hydroxyl groups excluding tert-OH is 3. The molecule has 0 fully saturated rings. The Balaban J connectivity index is 1.20. The van der Waals surface area contributed by atoms with Gasteiger partial charge in [0.25, 0.3) is 5.91 Å². The molecule has 0 bridgehead atoms. The highest BCUT2D eigenvalue weighted by Crippen LogP contribution is 2.39. The summed E-state index contributed by atoms with van der Waals surface area (Å²) in [5.41, 5.74) is 6.48. The molecule has 0 saturated heterocycles. The van der Waals surface area contributed by atoms with E-state index in [4.69, 9.17) is 23.7 Å². The normalized spacial score (nSPS) is 13.8. The van der Waals surface area contributed by atoms with Gasteiger partial charge in [0.2, 0.25) is 5.75 Å². The van der Waals surface area contributed by atoms with E-state index in [0.717, 1.165) is 27.9 Å². The molecule has 1 aliphatic heterocycles. The van der Waals surface area contributed by atoms with Crippen LogP contribution in [0.15, 0.2) is 60.7 Å². The summed E-state index contributed by atoms with van der Waals surface area (Å²) in [5.74, 6) is 2.32. The van der Waals surface area contributed by atoms with Gasteiger partial charge in [-0.05, 0) is 77.7 Å². The van der Waals surface area contributed by atoms with Gasteiger partial charge in [0.05, 0.1) is 59.9 Å². The van der Waals surface area contributed by atoms with Gasteiger partial charge < -0.3 is 49.6 Å². The number of rotatable bonds is 15. The monoisotopic (exact) mass is 670 g/mol. The van der Waals surface area contributed by atoms with Crippen molar-refractivity contribution in [1.29, 1.82) is 0 Å². The van der Waals surface area contributed by atoms with E-state index in [1.54, 1.807) is 32.4 Å². The third-order valence-corrected chi connectivity index (χ3v) is 8.20. The van der Waals surface area contributed by atoms with Crippen LogP contribution >= 0.6 is 0 Å². The SMILES string of the molecule is COc1cc(/C=C\c2cc(OC)c(OCCCOc3ccc(C4NC(=O)c5cc(C)ccc5N4)cc3CO)c(OC)c2)cc(CO)c1CO. The highest BCUT2D eigenvalue weighted by atomic mass is 16.5. The maximum Gasteiger partial charge on any atom is 0.255 e. The lowest BCUT2D eigenvalue weighted by atomic mass is 10.0. The number of benzene rings is 4. The Morgan fingerprint density at radius 3 is 2.00 bits per heavy atom. The molecule has 49 heavy (non-hydrogen) atoms. The number of methoxy groups -OCH3 is 3. The number of anilines is 1. The number of carbonyl (C=O) groups excluding carboxylic acids is 1. The number of aliphatic hydroxyl groups is 3. The van der Waals surface area contributed by atoms with Gasteiger partial charge in [0.15, 0.2) is 11.5 Å². The second kappa shape index (κ2) is 16.2. The molecule has 1 unspecified atom stereocenters. The summed E-state index contributed by atoms with van der Waals surface area (Å²) in [5, 5.41) is 35.8. The van der Waals surface area contributed by atoms with Crippen LogP contribution in [0.3, 0.4) is 0 Å². The minimum atomic E-state index is -0.441. The van der Waals surface area contributed by atoms with E-state index < -0.39 is 6.17 Å². The first-order valence-electron chi connectivity index (χ1n) is 15.8. The van der Waals surface area contributed by atoms with Crippen molar-refractivity contribution in [3.8, 4) is 28.7 Å². The molecule has 5 N–H and O–H groups in total. The van der Waals surface area contributed by atoms with Crippen LogP contribution in [0.1, 0.15) is 61.9 Å². The maximum absolute atomic E-state index is 12.7. The van der Waals surface area contributed by atoms with Crippen molar-refractivity contribution in [3.05, 3.63) is 105 Å². The first-order valence-corrected chi connectivity index (χ1v) is 15.8. The van der Waals surface area contributed by atoms with Gasteiger partial charge in [-0.2, -0.15) is 0 Å². The Bertz CT molecular complexity index is 1770. The van der Waals surface area contributed by atoms with Crippen molar-refractivity contribution in [1.82, 2.24) is 5.32 Å². The third kappa shape index (κ3) is 8.09. The summed E-state index contributed by atoms with van der Waals surface area (Å²) < 4.78 is 28.7. The Morgan fingerprint density at radius 2 is 1.35 bits per heavy atom. The zero-order valence-corrected chi connectivity index (χ0v) is 28.0. The molecule has 258 valence electrons. The molecule has 4 aromatic carbocycles. The predicted octanol–water partition coefficient (Wildman–Crippen LogP) is 5.37. The first-order chi connectivity index (χ1) is 23.8. The topological polar surface area (TPSA) is 148 Å². The van der Waals surface area contributed by atoms with Crippen LogP contribution in [0.5, 0.6) is 28.7 Å². The number of aryl methyl sites for hydroxylation is 1. The van der Waals surface area contributed by atoms with E-state index in [1.165, 1.54) is 7.11 Å². The predicted molar refractivity (Wildman–Crippen MR) is 186 cm³/mol. The first kappa shape index (κ1) is 35.1. The van der Waals surface area contributed by atoms with Crippen molar-refractivity contribution in [2.45, 2.75) is 39.3 Å². The minimum absolute atomic E-state index is 0.156. The third-order valence-electron chi connectivity index (χ3n) is 8.20. The molecule has 5 rings (SSSR count). The van der Waals surface area contributed by atoms with Crippen LogP contribution in [-0.2, 0) is 19.8 Å². The molecule has 11 heteroatoms. The molecule has 11 nitrogen and oxygen atoms in total. The van der Waals surface area contributed by atoms with Crippen molar-refractivity contribution < 1.29 is 43.8 Å². The second-order valence-corrected chi connectivity index (χ2v) is 11.4. The van der Waals surface area contributed by atoms with Gasteiger partial charge >= 0.3 is 0 Å². The molecule has 0 aliphatic carbocycles. The van der Waals surface area contributed by atoms with Gasteiger partial charge in [0, 0.05) is 23.2 Å². The van der Waals surface area contributed by atoms with Gasteiger partial charge in [-0.3, -0.25) is 4.79 Å². The van der Waals surface area contributed by atoms with Crippen molar-refractivity contribution in [2.75, 3.05) is 39.9 Å². The van der Waals surface area contributed by atoms with Gasteiger partial charge in [-0.15, -0.1) is 0 Å². The molecular weight excluding hydrogens is 628 g/mol. The molecule has 4 aromatic rings. The van der Waals surface area contributed by atoms with Gasteiger partial charge in [-0.25, -0.2) is 0 Å². The van der Waals surface area contributed by atoms with Crippen molar-refractivity contribution in [3.63, 3.8) is 0 Å². The Kier molecular flexibility index (Phi) is 11.6. The summed E-state index contributed by atoms with van der Waals surface area (Å²) in [7, 11) is 4.63. The van der Waals surface area contributed by atoms with E-state index in [1.807, 2.05) is 61.5 Å². The van der Waals surface area contributed by atoms with Crippen molar-refractivity contribution >= 4 is 23.7 Å². The average molecular weight is 671 g/mol. The van der Waals surface area contributed by atoms with Crippen LogP contribution in [0.4, 0.5) is 5.69 Å². The van der Waals surface area contributed by atoms with E-state index in [9.17, 15) is 20.1 Å². The number of carbonyl (C=O) groups is 1. The van der Waals surface area contributed by atoms with Crippen LogP contribution in [0.2, 0.25) is 0 Å². The standard InChI is InChI=1S/C38H42N2O9/c1-23-6-10-31-29(14-23)38(44)40-37(39-31)26-9-11-32(28(19-26)21-42)48-12-5-13-49-36-34(46-3)17-25(18-35(36)47-4)8-7-24-15-27(20-41)30(22-43)33(16-24)45-2/h6-11,14-19,37,39,41-43H,5,12-13,20-22H2,1-4H3,(H,40,44)/b8-7-. The number of hydrogen-bond acceptors (Lipinski definition) is 10. The molecule has 1 atom stereocenters. The zero-order chi connectivity index (χ0) is 34.9. The summed E-state index contributed by atoms with van der Waals surface area (Å²) in [4.78, 5) is 12.7. The molecule has 0 aromatic heterocycles. The highest BCUT2D eigenvalue weighted by molar-refractivity contribution is 6.01. The van der Waals surface area contributed by atoms with E-state index in [-0.39, 0.29) is 25.7 Å². The smallest absolute Gasteiger partial charge is 0.255 e. The second-order valence-electron chi connectivity index (χ2n) is 11.4.